The maximum atomic E-state index is 11.8. The van der Waals surface area contributed by atoms with E-state index >= 15 is 0 Å². The van der Waals surface area contributed by atoms with Gasteiger partial charge in [0.2, 0.25) is 5.95 Å². The lowest BCUT2D eigenvalue weighted by Crippen LogP contribution is -2.38. The molecule has 0 saturated carbocycles. The van der Waals surface area contributed by atoms with Gasteiger partial charge in [0, 0.05) is 49.5 Å². The van der Waals surface area contributed by atoms with Crippen LogP contribution in [0.15, 0.2) is 66.1 Å². The highest BCUT2D eigenvalue weighted by atomic mass is 32.2. The van der Waals surface area contributed by atoms with E-state index in [1.54, 1.807) is 12.1 Å². The molecule has 4 heterocycles. The summed E-state index contributed by atoms with van der Waals surface area (Å²) in [5.41, 5.74) is 3.08. The normalized spacial score (nSPS) is 15.1. The summed E-state index contributed by atoms with van der Waals surface area (Å²) in [6.07, 6.45) is 11.8. The number of benzene rings is 1. The summed E-state index contributed by atoms with van der Waals surface area (Å²) >= 11 is 0. The minimum absolute atomic E-state index is 0.207. The Morgan fingerprint density at radius 2 is 1.71 bits per heavy atom. The van der Waals surface area contributed by atoms with Crippen LogP contribution in [0.4, 0.5) is 5.95 Å². The third kappa shape index (κ3) is 5.21. The smallest absolute Gasteiger partial charge is 0.225 e. The second kappa shape index (κ2) is 9.75. The summed E-state index contributed by atoms with van der Waals surface area (Å²) in [7, 11) is -3.24. The molecule has 8 nitrogen and oxygen atoms in total. The Bertz CT molecular complexity index is 1410. The summed E-state index contributed by atoms with van der Waals surface area (Å²) < 4.78 is 31.8. The van der Waals surface area contributed by atoms with Crippen LogP contribution in [0, 0.1) is 0 Å². The number of sulfone groups is 1. The van der Waals surface area contributed by atoms with Crippen molar-refractivity contribution in [2.75, 3.05) is 24.2 Å². The number of hydrogen-bond acceptors (Lipinski definition) is 7. The fourth-order valence-corrected chi connectivity index (χ4v) is 4.98. The van der Waals surface area contributed by atoms with Crippen molar-refractivity contribution in [3.8, 4) is 5.82 Å². The van der Waals surface area contributed by atoms with Crippen LogP contribution < -0.4 is 4.90 Å². The summed E-state index contributed by atoms with van der Waals surface area (Å²) in [6.45, 7) is 4.39. The van der Waals surface area contributed by atoms with E-state index in [1.807, 2.05) is 53.6 Å². The highest BCUT2D eigenvalue weighted by molar-refractivity contribution is 7.90. The van der Waals surface area contributed by atoms with Gasteiger partial charge in [0.05, 0.1) is 23.1 Å². The third-order valence-corrected chi connectivity index (χ3v) is 7.57. The van der Waals surface area contributed by atoms with E-state index in [-0.39, 0.29) is 6.10 Å². The van der Waals surface area contributed by atoms with E-state index in [4.69, 9.17) is 4.74 Å². The van der Waals surface area contributed by atoms with Crippen molar-refractivity contribution in [1.82, 2.24) is 19.5 Å². The van der Waals surface area contributed by atoms with Gasteiger partial charge < -0.3 is 14.2 Å². The fourth-order valence-electron chi connectivity index (χ4n) is 4.33. The van der Waals surface area contributed by atoms with Gasteiger partial charge in [0.15, 0.2) is 9.84 Å². The van der Waals surface area contributed by atoms with Crippen molar-refractivity contribution >= 4 is 26.7 Å². The van der Waals surface area contributed by atoms with Gasteiger partial charge in [-0.3, -0.25) is 0 Å². The maximum absolute atomic E-state index is 11.8. The number of nitrogens with zero attached hydrogens (tertiary/aromatic N) is 5. The van der Waals surface area contributed by atoms with Crippen LogP contribution >= 0.6 is 0 Å². The van der Waals surface area contributed by atoms with Gasteiger partial charge in [-0.25, -0.2) is 23.4 Å². The Labute approximate surface area is 205 Å². The van der Waals surface area contributed by atoms with Crippen LogP contribution in [0.5, 0.6) is 0 Å². The molecule has 1 aliphatic rings. The number of anilines is 1. The molecule has 1 aliphatic heterocycles. The predicted molar refractivity (Wildman–Crippen MR) is 136 cm³/mol. The SMILES string of the molecule is CCc1cnc(N2CCC(OCc3ccc(-n4ccc5cc(S(C)(=O)=O)ccc54)nc3)CC2)nc1. The monoisotopic (exact) mass is 491 g/mol. The standard InChI is InChI=1S/C26H29N5O3S/c1-3-19-15-28-26(29-16-19)30-11-9-22(10-12-30)34-18-20-4-7-25(27-17-20)31-13-8-21-14-23(35(2,32)33)5-6-24(21)31/h4-8,13-17,22H,3,9-12,18H2,1-2H3. The molecule has 35 heavy (non-hydrogen) atoms. The Hall–Kier alpha value is -3.30. The molecule has 4 aromatic rings. The molecule has 0 spiro atoms. The summed E-state index contributed by atoms with van der Waals surface area (Å²) in [5.74, 6) is 1.57. The molecular weight excluding hydrogens is 462 g/mol. The van der Waals surface area contributed by atoms with E-state index in [2.05, 4.69) is 26.8 Å². The number of fused-ring (bicyclic) bond motifs is 1. The first-order valence-electron chi connectivity index (χ1n) is 11.8. The lowest BCUT2D eigenvalue weighted by atomic mass is 10.1. The highest BCUT2D eigenvalue weighted by Crippen LogP contribution is 2.24. The van der Waals surface area contributed by atoms with Gasteiger partial charge >= 0.3 is 0 Å². The highest BCUT2D eigenvalue weighted by Gasteiger charge is 2.21. The van der Waals surface area contributed by atoms with E-state index < -0.39 is 9.84 Å². The zero-order chi connectivity index (χ0) is 24.4. The lowest BCUT2D eigenvalue weighted by molar-refractivity contribution is 0.0248. The van der Waals surface area contributed by atoms with Gasteiger partial charge in [0.25, 0.3) is 0 Å². The molecule has 0 amide bonds. The van der Waals surface area contributed by atoms with Crippen LogP contribution in [0.1, 0.15) is 30.9 Å². The summed E-state index contributed by atoms with van der Waals surface area (Å²) in [6, 6.07) is 11.0. The number of hydrogen-bond donors (Lipinski definition) is 0. The molecule has 5 rings (SSSR count). The zero-order valence-electron chi connectivity index (χ0n) is 20.0. The molecule has 3 aromatic heterocycles. The van der Waals surface area contributed by atoms with Gasteiger partial charge in [0.1, 0.15) is 5.82 Å². The first-order chi connectivity index (χ1) is 16.9. The largest absolute Gasteiger partial charge is 0.373 e. The van der Waals surface area contributed by atoms with Crippen molar-refractivity contribution in [2.24, 2.45) is 0 Å². The van der Waals surface area contributed by atoms with Crippen molar-refractivity contribution in [1.29, 1.82) is 0 Å². The Morgan fingerprint density at radius 1 is 0.971 bits per heavy atom. The van der Waals surface area contributed by atoms with Gasteiger partial charge in [-0.1, -0.05) is 13.0 Å². The first-order valence-corrected chi connectivity index (χ1v) is 13.7. The van der Waals surface area contributed by atoms with Crippen LogP contribution in [-0.2, 0) is 27.6 Å². The first kappa shape index (κ1) is 23.4. The molecule has 0 bridgehead atoms. The average Bonchev–Trinajstić information content (AvgIpc) is 3.31. The zero-order valence-corrected chi connectivity index (χ0v) is 20.8. The summed E-state index contributed by atoms with van der Waals surface area (Å²) in [4.78, 5) is 16.1. The molecule has 1 saturated heterocycles. The van der Waals surface area contributed by atoms with E-state index in [1.165, 1.54) is 6.26 Å². The average molecular weight is 492 g/mol. The quantitative estimate of drug-likeness (QED) is 0.386. The van der Waals surface area contributed by atoms with E-state index in [9.17, 15) is 8.42 Å². The van der Waals surface area contributed by atoms with Crippen molar-refractivity contribution < 1.29 is 13.2 Å². The molecule has 0 aliphatic carbocycles. The van der Waals surface area contributed by atoms with Crippen molar-refractivity contribution in [2.45, 2.75) is 43.8 Å². The Kier molecular flexibility index (Phi) is 6.53. The fraction of sp³-hybridized carbons (Fsp3) is 0.346. The molecule has 1 fully saturated rings. The number of aromatic nitrogens is 4. The number of ether oxygens (including phenoxy) is 1. The van der Waals surface area contributed by atoms with Crippen molar-refractivity contribution in [3.63, 3.8) is 0 Å². The van der Waals surface area contributed by atoms with E-state index in [0.29, 0.717) is 11.5 Å². The topological polar surface area (TPSA) is 90.2 Å². The summed E-state index contributed by atoms with van der Waals surface area (Å²) in [5, 5.41) is 0.861. The van der Waals surface area contributed by atoms with Gasteiger partial charge in [-0.05, 0) is 60.7 Å². The minimum atomic E-state index is -3.24. The van der Waals surface area contributed by atoms with Crippen molar-refractivity contribution in [3.05, 3.63) is 72.3 Å². The third-order valence-electron chi connectivity index (χ3n) is 6.46. The molecular formula is C26H29N5O3S. The second-order valence-corrected chi connectivity index (χ2v) is 11.0. The Balaban J connectivity index is 1.17. The molecule has 9 heteroatoms. The number of piperidine rings is 1. The Morgan fingerprint density at radius 3 is 2.37 bits per heavy atom. The van der Waals surface area contributed by atoms with Gasteiger partial charge in [-0.2, -0.15) is 0 Å². The molecule has 0 N–H and O–H groups in total. The number of rotatable bonds is 7. The van der Waals surface area contributed by atoms with Crippen LogP contribution in [0.3, 0.4) is 0 Å². The lowest BCUT2D eigenvalue weighted by Gasteiger charge is -2.31. The van der Waals surface area contributed by atoms with Crippen LogP contribution in [-0.4, -0.2) is 53.4 Å². The number of pyridine rings is 1. The minimum Gasteiger partial charge on any atom is -0.373 e. The maximum Gasteiger partial charge on any atom is 0.225 e. The van der Waals surface area contributed by atoms with Crippen LogP contribution in [0.2, 0.25) is 0 Å². The van der Waals surface area contributed by atoms with Gasteiger partial charge in [-0.15, -0.1) is 0 Å². The number of aryl methyl sites for hydroxylation is 1. The predicted octanol–water partition coefficient (Wildman–Crippen LogP) is 3.97. The molecule has 1 aromatic carbocycles. The molecule has 0 atom stereocenters. The van der Waals surface area contributed by atoms with Crippen LogP contribution in [0.25, 0.3) is 16.7 Å². The second-order valence-electron chi connectivity index (χ2n) is 8.95. The molecule has 182 valence electrons. The molecule has 0 radical (unpaired) electrons. The van der Waals surface area contributed by atoms with E-state index in [0.717, 1.165) is 66.1 Å². The molecule has 0 unspecified atom stereocenters.